The van der Waals surface area contributed by atoms with Gasteiger partial charge >= 0.3 is 0 Å². The Kier molecular flexibility index (Phi) is 16.5. The molecule has 0 amide bonds. The zero-order valence-electron chi connectivity index (χ0n) is 35.5. The minimum Gasteiger partial charge on any atom is -0.374 e. The molecule has 2 aliphatic heterocycles. The van der Waals surface area contributed by atoms with E-state index in [4.69, 9.17) is 37.9 Å². The molecule has 0 aromatic heterocycles. The topological polar surface area (TPSA) is 73.8 Å². The molecule has 2 saturated heterocycles. The van der Waals surface area contributed by atoms with Crippen LogP contribution in [-0.2, 0) is 70.9 Å². The van der Waals surface area contributed by atoms with Crippen molar-refractivity contribution >= 4 is 0 Å². The lowest BCUT2D eigenvalue weighted by Crippen LogP contribution is -2.64. The average Bonchev–Trinajstić information content (AvgIpc) is 3.28. The van der Waals surface area contributed by atoms with Gasteiger partial charge in [0.05, 0.1) is 58.5 Å². The maximum absolute atomic E-state index is 7.30. The number of benzene rings is 5. The second-order valence-electron chi connectivity index (χ2n) is 16.5. The lowest BCUT2D eigenvalue weighted by atomic mass is 9.78. The fourth-order valence-corrected chi connectivity index (χ4v) is 8.33. The SMILES string of the molecule is CC(C)[C@@H]1OC(COCc2ccccc2)[C@H](O[C@@H]2OC(COCc3ccccc3)[C@H](OCc3ccccc3)[C@H](OCc3ccccc3)C2OCc2ccccc2)[C@H](C)C1C. The van der Waals surface area contributed by atoms with E-state index in [1.165, 1.54) is 0 Å². The summed E-state index contributed by atoms with van der Waals surface area (Å²) in [6, 6.07) is 51.0. The van der Waals surface area contributed by atoms with Crippen molar-refractivity contribution in [3.05, 3.63) is 179 Å². The lowest BCUT2D eigenvalue weighted by Gasteiger charge is -2.50. The van der Waals surface area contributed by atoms with E-state index in [9.17, 15) is 0 Å². The molecule has 0 N–H and O–H groups in total. The van der Waals surface area contributed by atoms with E-state index in [1.54, 1.807) is 0 Å². The number of hydrogen-bond acceptors (Lipinski definition) is 8. The quantitative estimate of drug-likeness (QED) is 0.0770. The van der Waals surface area contributed by atoms with Crippen LogP contribution in [0.15, 0.2) is 152 Å². The maximum atomic E-state index is 7.30. The smallest absolute Gasteiger partial charge is 0.187 e. The Bertz CT molecular complexity index is 1920. The van der Waals surface area contributed by atoms with E-state index in [-0.39, 0.29) is 36.8 Å². The molecule has 0 spiro atoms. The first kappa shape index (κ1) is 43.9. The summed E-state index contributed by atoms with van der Waals surface area (Å²) in [4.78, 5) is 0. The van der Waals surface area contributed by atoms with Crippen LogP contribution in [0.3, 0.4) is 0 Å². The molecule has 2 fully saturated rings. The average molecular weight is 815 g/mol. The molecule has 0 saturated carbocycles. The van der Waals surface area contributed by atoms with Gasteiger partial charge in [0.2, 0.25) is 0 Å². The fraction of sp³-hybridized carbons (Fsp3) is 0.423. The van der Waals surface area contributed by atoms with Crippen molar-refractivity contribution in [1.82, 2.24) is 0 Å². The van der Waals surface area contributed by atoms with E-state index < -0.39 is 30.7 Å². The summed E-state index contributed by atoms with van der Waals surface area (Å²) >= 11 is 0. The Morgan fingerprint density at radius 1 is 0.417 bits per heavy atom. The van der Waals surface area contributed by atoms with E-state index in [0.717, 1.165) is 27.8 Å². The first-order chi connectivity index (χ1) is 29.4. The molecular formula is C52H62O8. The third-order valence-corrected chi connectivity index (χ3v) is 11.7. The van der Waals surface area contributed by atoms with Gasteiger partial charge in [0, 0.05) is 0 Å². The Morgan fingerprint density at radius 2 is 0.783 bits per heavy atom. The summed E-state index contributed by atoms with van der Waals surface area (Å²) in [6.45, 7) is 11.5. The molecule has 8 heteroatoms. The van der Waals surface area contributed by atoms with E-state index in [1.807, 2.05) is 91.0 Å². The van der Waals surface area contributed by atoms with Crippen LogP contribution >= 0.6 is 0 Å². The van der Waals surface area contributed by atoms with Crippen molar-refractivity contribution in [3.63, 3.8) is 0 Å². The lowest BCUT2D eigenvalue weighted by molar-refractivity contribution is -0.353. The van der Waals surface area contributed by atoms with Crippen LogP contribution in [0.2, 0.25) is 0 Å². The van der Waals surface area contributed by atoms with Gasteiger partial charge in [-0.05, 0) is 45.6 Å². The summed E-state index contributed by atoms with van der Waals surface area (Å²) < 4.78 is 55.1. The molecule has 5 aromatic rings. The number of ether oxygens (including phenoxy) is 8. The van der Waals surface area contributed by atoms with Crippen LogP contribution in [0.4, 0.5) is 0 Å². The maximum Gasteiger partial charge on any atom is 0.187 e. The third-order valence-electron chi connectivity index (χ3n) is 11.7. The van der Waals surface area contributed by atoms with E-state index in [2.05, 4.69) is 88.4 Å². The zero-order valence-corrected chi connectivity index (χ0v) is 35.5. The molecule has 0 radical (unpaired) electrons. The van der Waals surface area contributed by atoms with Gasteiger partial charge in [0.15, 0.2) is 6.29 Å². The molecule has 8 nitrogen and oxygen atoms in total. The Balaban J connectivity index is 1.22. The summed E-state index contributed by atoms with van der Waals surface area (Å²) in [5.74, 6) is 0.639. The molecule has 10 atom stereocenters. The van der Waals surface area contributed by atoms with Gasteiger partial charge in [-0.3, -0.25) is 0 Å². The van der Waals surface area contributed by atoms with Gasteiger partial charge in [-0.1, -0.05) is 179 Å². The van der Waals surface area contributed by atoms with Crippen molar-refractivity contribution in [2.45, 2.75) is 110 Å². The Hall–Kier alpha value is -4.22. The monoisotopic (exact) mass is 814 g/mol. The highest BCUT2D eigenvalue weighted by molar-refractivity contribution is 5.17. The van der Waals surface area contributed by atoms with Crippen LogP contribution in [-0.4, -0.2) is 62.2 Å². The molecule has 5 aromatic carbocycles. The fourth-order valence-electron chi connectivity index (χ4n) is 8.33. The van der Waals surface area contributed by atoms with Gasteiger partial charge in [0.25, 0.3) is 0 Å². The normalized spacial score (nSPS) is 26.9. The van der Waals surface area contributed by atoms with E-state index in [0.29, 0.717) is 45.6 Å². The van der Waals surface area contributed by atoms with Crippen molar-refractivity contribution in [2.75, 3.05) is 13.2 Å². The van der Waals surface area contributed by atoms with Crippen molar-refractivity contribution in [1.29, 1.82) is 0 Å². The van der Waals surface area contributed by atoms with E-state index >= 15 is 0 Å². The van der Waals surface area contributed by atoms with Gasteiger partial charge in [0.1, 0.15) is 30.5 Å². The zero-order chi connectivity index (χ0) is 41.5. The van der Waals surface area contributed by atoms with Crippen molar-refractivity contribution in [2.24, 2.45) is 17.8 Å². The van der Waals surface area contributed by atoms with Crippen molar-refractivity contribution in [3.8, 4) is 0 Å². The minimum absolute atomic E-state index is 0.0411. The molecule has 318 valence electrons. The Morgan fingerprint density at radius 3 is 1.20 bits per heavy atom. The number of rotatable bonds is 20. The first-order valence-corrected chi connectivity index (χ1v) is 21.6. The van der Waals surface area contributed by atoms with Crippen molar-refractivity contribution < 1.29 is 37.9 Å². The van der Waals surface area contributed by atoms with Gasteiger partial charge in [-0.25, -0.2) is 0 Å². The highest BCUT2D eigenvalue weighted by Gasteiger charge is 2.52. The predicted molar refractivity (Wildman–Crippen MR) is 233 cm³/mol. The summed E-state index contributed by atoms with van der Waals surface area (Å²) in [7, 11) is 0. The summed E-state index contributed by atoms with van der Waals surface area (Å²) in [5, 5.41) is 0. The van der Waals surface area contributed by atoms with Gasteiger partial charge in [-0.15, -0.1) is 0 Å². The predicted octanol–water partition coefficient (Wildman–Crippen LogP) is 9.98. The van der Waals surface area contributed by atoms with Gasteiger partial charge < -0.3 is 37.9 Å². The minimum atomic E-state index is -0.855. The first-order valence-electron chi connectivity index (χ1n) is 21.6. The van der Waals surface area contributed by atoms with Crippen LogP contribution in [0.5, 0.6) is 0 Å². The molecule has 0 aliphatic carbocycles. The summed E-state index contributed by atoms with van der Waals surface area (Å²) in [5.41, 5.74) is 5.30. The Labute approximate surface area is 357 Å². The van der Waals surface area contributed by atoms with Crippen LogP contribution in [0, 0.1) is 17.8 Å². The standard InChI is InChI=1S/C52H62O8/c1-37(2)47-38(3)39(4)48(45(58-47)35-53-30-40-20-10-5-11-21-40)60-52-51(57-34-44-28-18-9-19-29-44)50(56-33-43-26-16-8-17-27-43)49(55-32-42-24-14-7-15-25-42)46(59-52)36-54-31-41-22-12-6-13-23-41/h5-29,37-39,45-52H,30-36H2,1-4H3/t38?,39-,45?,46?,47+,48-,49+,50+,51?,52+/m1/s1. The second-order valence-corrected chi connectivity index (χ2v) is 16.5. The third kappa shape index (κ3) is 12.2. The number of hydrogen-bond donors (Lipinski definition) is 0. The molecule has 2 heterocycles. The molecular weight excluding hydrogens is 753 g/mol. The van der Waals surface area contributed by atoms with Crippen LogP contribution in [0.1, 0.15) is 55.5 Å². The molecule has 7 rings (SSSR count). The molecule has 4 unspecified atom stereocenters. The van der Waals surface area contributed by atoms with Gasteiger partial charge in [-0.2, -0.15) is 0 Å². The molecule has 0 bridgehead atoms. The van der Waals surface area contributed by atoms with Crippen LogP contribution in [0.25, 0.3) is 0 Å². The highest BCUT2D eigenvalue weighted by Crippen LogP contribution is 2.39. The second kappa shape index (κ2) is 22.6. The van der Waals surface area contributed by atoms with Crippen LogP contribution < -0.4 is 0 Å². The summed E-state index contributed by atoms with van der Waals surface area (Å²) in [6.07, 6.45) is -3.96. The largest absolute Gasteiger partial charge is 0.374 e. The molecule has 2 aliphatic rings. The molecule has 60 heavy (non-hydrogen) atoms. The highest BCUT2D eigenvalue weighted by atomic mass is 16.7.